The van der Waals surface area contributed by atoms with Crippen LogP contribution in [0.3, 0.4) is 0 Å². The Balaban J connectivity index is 1.68. The summed E-state index contributed by atoms with van der Waals surface area (Å²) in [5, 5.41) is 0. The first kappa shape index (κ1) is 28.3. The number of unbranched alkanes of at least 4 members (excludes halogenated alkanes) is 9. The number of aromatic nitrogens is 2. The Morgan fingerprint density at radius 1 is 0.794 bits per heavy atom. The predicted molar refractivity (Wildman–Crippen MR) is 142 cm³/mol. The van der Waals surface area contributed by atoms with Crippen LogP contribution in [0.4, 0.5) is 4.39 Å². The number of nitrogens with zero attached hydrogens (tertiary/aromatic N) is 2. The van der Waals surface area contributed by atoms with E-state index in [2.05, 4.69) is 55.0 Å². The molecule has 0 aliphatic carbocycles. The SMILES string of the molecule is CCCCCCCCCCc1ccc(-c2ncc(OCC(F)CC(C)CCCCC)cn2)cc1. The van der Waals surface area contributed by atoms with Crippen molar-refractivity contribution < 1.29 is 9.13 Å². The molecule has 0 saturated heterocycles. The summed E-state index contributed by atoms with van der Waals surface area (Å²) in [5.41, 5.74) is 2.36. The number of rotatable bonds is 19. The standard InChI is InChI=1S/C30H47FN2O/c1-4-6-8-9-10-11-12-14-16-26-17-19-27(20-18-26)30-32-22-29(23-33-30)34-24-28(31)21-25(3)15-13-7-5-2/h17-20,22-23,25,28H,4-16,21,24H2,1-3H3. The van der Waals surface area contributed by atoms with Crippen molar-refractivity contribution in [2.75, 3.05) is 6.61 Å². The summed E-state index contributed by atoms with van der Waals surface area (Å²) in [6.45, 7) is 6.65. The van der Waals surface area contributed by atoms with Gasteiger partial charge in [0.2, 0.25) is 0 Å². The molecule has 1 aromatic carbocycles. The summed E-state index contributed by atoms with van der Waals surface area (Å²) in [5.74, 6) is 1.59. The van der Waals surface area contributed by atoms with Gasteiger partial charge in [-0.1, -0.05) is 116 Å². The normalized spacial score (nSPS) is 13.1. The predicted octanol–water partition coefficient (Wildman–Crippen LogP) is 9.15. The average molecular weight is 471 g/mol. The van der Waals surface area contributed by atoms with E-state index in [4.69, 9.17) is 4.74 Å². The molecule has 0 aliphatic heterocycles. The lowest BCUT2D eigenvalue weighted by Crippen LogP contribution is -2.16. The molecule has 0 fully saturated rings. The van der Waals surface area contributed by atoms with E-state index >= 15 is 0 Å². The van der Waals surface area contributed by atoms with E-state index in [-0.39, 0.29) is 6.61 Å². The summed E-state index contributed by atoms with van der Waals surface area (Å²) in [4.78, 5) is 8.85. The van der Waals surface area contributed by atoms with E-state index < -0.39 is 6.17 Å². The molecule has 0 amide bonds. The first-order valence-corrected chi connectivity index (χ1v) is 13.8. The van der Waals surface area contributed by atoms with Crippen LogP contribution < -0.4 is 4.74 Å². The minimum atomic E-state index is -0.954. The number of hydrogen-bond acceptors (Lipinski definition) is 3. The molecule has 2 unspecified atom stereocenters. The molecule has 34 heavy (non-hydrogen) atoms. The molecule has 3 nitrogen and oxygen atoms in total. The van der Waals surface area contributed by atoms with E-state index in [9.17, 15) is 4.39 Å². The number of halogens is 1. The summed E-state index contributed by atoms with van der Waals surface area (Å²) in [6, 6.07) is 8.54. The molecule has 1 aromatic heterocycles. The van der Waals surface area contributed by atoms with Gasteiger partial charge >= 0.3 is 0 Å². The smallest absolute Gasteiger partial charge is 0.159 e. The van der Waals surface area contributed by atoms with Gasteiger partial charge in [-0.05, 0) is 30.7 Å². The van der Waals surface area contributed by atoms with Gasteiger partial charge < -0.3 is 4.74 Å². The molecule has 4 heteroatoms. The van der Waals surface area contributed by atoms with Gasteiger partial charge in [0.25, 0.3) is 0 Å². The lowest BCUT2D eigenvalue weighted by atomic mass is 9.98. The third-order valence-electron chi connectivity index (χ3n) is 6.55. The van der Waals surface area contributed by atoms with Crippen LogP contribution in [0, 0.1) is 5.92 Å². The molecule has 2 rings (SSSR count). The average Bonchev–Trinajstić information content (AvgIpc) is 2.85. The van der Waals surface area contributed by atoms with Gasteiger partial charge in [-0.25, -0.2) is 14.4 Å². The number of ether oxygens (including phenoxy) is 1. The largest absolute Gasteiger partial charge is 0.487 e. The number of benzene rings is 1. The number of alkyl halides is 1. The van der Waals surface area contributed by atoms with Crippen LogP contribution in [0.2, 0.25) is 0 Å². The molecule has 2 aromatic rings. The second-order valence-electron chi connectivity index (χ2n) is 9.91. The van der Waals surface area contributed by atoms with Crippen molar-refractivity contribution in [1.29, 1.82) is 0 Å². The number of aryl methyl sites for hydroxylation is 1. The van der Waals surface area contributed by atoms with Gasteiger partial charge in [0.1, 0.15) is 12.8 Å². The highest BCUT2D eigenvalue weighted by Gasteiger charge is 2.13. The fourth-order valence-electron chi connectivity index (χ4n) is 4.38. The molecular formula is C30H47FN2O. The zero-order valence-electron chi connectivity index (χ0n) is 21.9. The molecule has 0 spiro atoms. The van der Waals surface area contributed by atoms with Crippen LogP contribution in [-0.2, 0) is 6.42 Å². The van der Waals surface area contributed by atoms with Gasteiger partial charge in [0.05, 0.1) is 12.4 Å². The maximum absolute atomic E-state index is 14.3. The lowest BCUT2D eigenvalue weighted by Gasteiger charge is -2.15. The summed E-state index contributed by atoms with van der Waals surface area (Å²) >= 11 is 0. The Kier molecular flexibility index (Phi) is 14.5. The first-order valence-electron chi connectivity index (χ1n) is 13.8. The molecule has 0 radical (unpaired) electrons. The van der Waals surface area contributed by atoms with Gasteiger partial charge in [0.15, 0.2) is 11.6 Å². The van der Waals surface area contributed by atoms with Crippen LogP contribution in [-0.4, -0.2) is 22.7 Å². The summed E-state index contributed by atoms with van der Waals surface area (Å²) < 4.78 is 19.9. The van der Waals surface area contributed by atoms with Crippen molar-refractivity contribution in [2.24, 2.45) is 5.92 Å². The van der Waals surface area contributed by atoms with Crippen LogP contribution >= 0.6 is 0 Å². The van der Waals surface area contributed by atoms with Gasteiger partial charge in [-0.2, -0.15) is 0 Å². The third kappa shape index (κ3) is 11.9. The lowest BCUT2D eigenvalue weighted by molar-refractivity contribution is 0.167. The molecule has 0 saturated carbocycles. The van der Waals surface area contributed by atoms with E-state index in [1.54, 1.807) is 12.4 Å². The highest BCUT2D eigenvalue weighted by molar-refractivity contribution is 5.55. The van der Waals surface area contributed by atoms with Crippen molar-refractivity contribution in [3.63, 3.8) is 0 Å². The molecule has 0 bridgehead atoms. The van der Waals surface area contributed by atoms with Gasteiger partial charge in [-0.3, -0.25) is 0 Å². The molecule has 1 heterocycles. The van der Waals surface area contributed by atoms with Crippen LogP contribution in [0.5, 0.6) is 5.75 Å². The zero-order chi connectivity index (χ0) is 24.4. The quantitative estimate of drug-likeness (QED) is 0.192. The topological polar surface area (TPSA) is 35.0 Å². The van der Waals surface area contributed by atoms with Crippen molar-refractivity contribution in [2.45, 2.75) is 117 Å². The van der Waals surface area contributed by atoms with Gasteiger partial charge in [0, 0.05) is 5.56 Å². The van der Waals surface area contributed by atoms with Crippen LogP contribution in [0.15, 0.2) is 36.7 Å². The molecule has 0 N–H and O–H groups in total. The Hall–Kier alpha value is -1.97. The molecule has 2 atom stereocenters. The highest BCUT2D eigenvalue weighted by Crippen LogP contribution is 2.20. The van der Waals surface area contributed by atoms with Crippen LogP contribution in [0.25, 0.3) is 11.4 Å². The van der Waals surface area contributed by atoms with E-state index in [1.165, 1.54) is 76.2 Å². The fourth-order valence-corrected chi connectivity index (χ4v) is 4.38. The highest BCUT2D eigenvalue weighted by atomic mass is 19.1. The van der Waals surface area contributed by atoms with Crippen LogP contribution in [0.1, 0.15) is 110 Å². The maximum atomic E-state index is 14.3. The summed E-state index contributed by atoms with van der Waals surface area (Å²) in [7, 11) is 0. The Bertz CT molecular complexity index is 747. The van der Waals surface area contributed by atoms with Crippen molar-refractivity contribution in [3.8, 4) is 17.1 Å². The van der Waals surface area contributed by atoms with Crippen molar-refractivity contribution in [1.82, 2.24) is 9.97 Å². The third-order valence-corrected chi connectivity index (χ3v) is 6.55. The van der Waals surface area contributed by atoms with Crippen molar-refractivity contribution >= 4 is 0 Å². The number of hydrogen-bond donors (Lipinski definition) is 0. The maximum Gasteiger partial charge on any atom is 0.159 e. The molecule has 190 valence electrons. The van der Waals surface area contributed by atoms with E-state index in [1.807, 2.05) is 0 Å². The fraction of sp³-hybridized carbons (Fsp3) is 0.667. The Labute approximate surface area is 208 Å². The second-order valence-corrected chi connectivity index (χ2v) is 9.91. The van der Waals surface area contributed by atoms with E-state index in [0.717, 1.165) is 18.4 Å². The Morgan fingerprint density at radius 3 is 2.03 bits per heavy atom. The zero-order valence-corrected chi connectivity index (χ0v) is 21.9. The van der Waals surface area contributed by atoms with Crippen molar-refractivity contribution in [3.05, 3.63) is 42.2 Å². The summed E-state index contributed by atoms with van der Waals surface area (Å²) in [6.07, 6.45) is 19.5. The monoisotopic (exact) mass is 470 g/mol. The Morgan fingerprint density at radius 2 is 1.38 bits per heavy atom. The van der Waals surface area contributed by atoms with E-state index in [0.29, 0.717) is 23.9 Å². The van der Waals surface area contributed by atoms with Gasteiger partial charge in [-0.15, -0.1) is 0 Å². The minimum Gasteiger partial charge on any atom is -0.487 e. The molecule has 0 aliphatic rings. The second kappa shape index (κ2) is 17.5. The molecular weight excluding hydrogens is 423 g/mol. The minimum absolute atomic E-state index is 0.0638. The first-order chi connectivity index (χ1) is 16.6.